The SMILES string of the molecule is COC1C(=O)Nc2ccc(C=CC3(C)CCCN3)cc2C1(O)c1ccccc1. The molecule has 0 saturated carbocycles. The zero-order valence-electron chi connectivity index (χ0n) is 16.2. The summed E-state index contributed by atoms with van der Waals surface area (Å²) in [4.78, 5) is 12.6. The topological polar surface area (TPSA) is 70.6 Å². The fourth-order valence-electron chi connectivity index (χ4n) is 4.24. The highest BCUT2D eigenvalue weighted by Crippen LogP contribution is 2.42. The number of hydrogen-bond acceptors (Lipinski definition) is 4. The van der Waals surface area contributed by atoms with Gasteiger partial charge in [-0.25, -0.2) is 0 Å². The van der Waals surface area contributed by atoms with Gasteiger partial charge in [-0.1, -0.05) is 48.6 Å². The van der Waals surface area contributed by atoms with E-state index in [9.17, 15) is 9.90 Å². The van der Waals surface area contributed by atoms with Gasteiger partial charge in [0.1, 0.15) is 0 Å². The maximum atomic E-state index is 12.6. The van der Waals surface area contributed by atoms with E-state index in [0.29, 0.717) is 16.8 Å². The number of ether oxygens (including phenoxy) is 1. The minimum Gasteiger partial charge on any atom is -0.377 e. The third-order valence-electron chi connectivity index (χ3n) is 5.82. The Morgan fingerprint density at radius 2 is 2.00 bits per heavy atom. The number of anilines is 1. The molecule has 2 heterocycles. The summed E-state index contributed by atoms with van der Waals surface area (Å²) in [5, 5.41) is 18.1. The number of carbonyl (C=O) groups is 1. The van der Waals surface area contributed by atoms with Crippen LogP contribution in [0.5, 0.6) is 0 Å². The first-order valence-corrected chi connectivity index (χ1v) is 9.67. The van der Waals surface area contributed by atoms with Crippen LogP contribution in [-0.2, 0) is 15.1 Å². The van der Waals surface area contributed by atoms with Crippen molar-refractivity contribution in [1.82, 2.24) is 5.32 Å². The van der Waals surface area contributed by atoms with Crippen LogP contribution in [0.2, 0.25) is 0 Å². The number of hydrogen-bond donors (Lipinski definition) is 3. The summed E-state index contributed by atoms with van der Waals surface area (Å²) >= 11 is 0. The number of nitrogens with one attached hydrogen (secondary N) is 2. The van der Waals surface area contributed by atoms with Gasteiger partial charge in [-0.3, -0.25) is 4.79 Å². The normalized spacial score (nSPS) is 29.7. The molecule has 1 saturated heterocycles. The maximum absolute atomic E-state index is 12.6. The minimum absolute atomic E-state index is 0.00504. The summed E-state index contributed by atoms with van der Waals surface area (Å²) in [7, 11) is 1.44. The minimum atomic E-state index is -1.56. The molecule has 2 aliphatic heterocycles. The van der Waals surface area contributed by atoms with Crippen molar-refractivity contribution in [3.63, 3.8) is 0 Å². The summed E-state index contributed by atoms with van der Waals surface area (Å²) in [6.07, 6.45) is 5.49. The molecule has 2 aromatic rings. The second kappa shape index (κ2) is 7.17. The van der Waals surface area contributed by atoms with Crippen LogP contribution in [0, 0.1) is 0 Å². The third-order valence-corrected chi connectivity index (χ3v) is 5.82. The Labute approximate surface area is 165 Å². The average Bonchev–Trinajstić information content (AvgIpc) is 3.14. The van der Waals surface area contributed by atoms with Crippen molar-refractivity contribution < 1.29 is 14.6 Å². The van der Waals surface area contributed by atoms with E-state index in [1.165, 1.54) is 13.5 Å². The molecule has 1 amide bonds. The van der Waals surface area contributed by atoms with Gasteiger partial charge in [0.2, 0.25) is 0 Å². The second-order valence-corrected chi connectivity index (χ2v) is 7.82. The van der Waals surface area contributed by atoms with E-state index in [-0.39, 0.29) is 11.4 Å². The average molecular weight is 378 g/mol. The van der Waals surface area contributed by atoms with Gasteiger partial charge in [-0.05, 0) is 49.6 Å². The van der Waals surface area contributed by atoms with E-state index in [1.807, 2.05) is 48.5 Å². The maximum Gasteiger partial charge on any atom is 0.257 e. The molecule has 4 rings (SSSR count). The zero-order chi connectivity index (χ0) is 19.8. The standard InChI is InChI=1S/C23H26N2O3/c1-22(12-6-14-24-22)13-11-16-9-10-19-18(15-16)23(27,17-7-4-3-5-8-17)20(28-2)21(26)25-19/h3-5,7-11,13,15,20,24,27H,6,12,14H2,1-2H3,(H,25,26). The van der Waals surface area contributed by atoms with E-state index in [0.717, 1.165) is 18.5 Å². The molecular formula is C23H26N2O3. The lowest BCUT2D eigenvalue weighted by Gasteiger charge is -2.40. The molecule has 1 fully saturated rings. The summed E-state index contributed by atoms with van der Waals surface area (Å²) < 4.78 is 5.44. The van der Waals surface area contributed by atoms with Gasteiger partial charge in [0.15, 0.2) is 11.7 Å². The predicted octanol–water partition coefficient (Wildman–Crippen LogP) is 3.04. The molecule has 3 unspecified atom stereocenters. The van der Waals surface area contributed by atoms with Gasteiger partial charge in [0.25, 0.3) is 5.91 Å². The molecule has 0 bridgehead atoms. The van der Waals surface area contributed by atoms with Crippen LogP contribution in [0.25, 0.3) is 6.08 Å². The number of fused-ring (bicyclic) bond motifs is 1. The van der Waals surface area contributed by atoms with Crippen molar-refractivity contribution in [2.24, 2.45) is 0 Å². The van der Waals surface area contributed by atoms with Crippen molar-refractivity contribution in [2.45, 2.75) is 37.0 Å². The molecule has 3 N–H and O–H groups in total. The quantitative estimate of drug-likeness (QED) is 0.765. The molecule has 5 nitrogen and oxygen atoms in total. The zero-order valence-corrected chi connectivity index (χ0v) is 16.2. The molecule has 0 spiro atoms. The fraction of sp³-hybridized carbons (Fsp3) is 0.348. The summed E-state index contributed by atoms with van der Waals surface area (Å²) in [6.45, 7) is 3.22. The second-order valence-electron chi connectivity index (χ2n) is 7.82. The Hall–Kier alpha value is -2.47. The highest BCUT2D eigenvalue weighted by molar-refractivity contribution is 5.99. The van der Waals surface area contributed by atoms with E-state index in [2.05, 4.69) is 29.7 Å². The number of rotatable bonds is 4. The van der Waals surface area contributed by atoms with Crippen molar-refractivity contribution in [2.75, 3.05) is 19.0 Å². The first-order valence-electron chi connectivity index (χ1n) is 9.67. The van der Waals surface area contributed by atoms with Crippen LogP contribution < -0.4 is 10.6 Å². The lowest BCUT2D eigenvalue weighted by atomic mass is 9.77. The van der Waals surface area contributed by atoms with Crippen molar-refractivity contribution in [3.8, 4) is 0 Å². The number of aliphatic hydroxyl groups is 1. The first kappa shape index (κ1) is 18.9. The highest BCUT2D eigenvalue weighted by Gasteiger charge is 2.49. The number of carbonyl (C=O) groups excluding carboxylic acids is 1. The Morgan fingerprint density at radius 3 is 2.68 bits per heavy atom. The van der Waals surface area contributed by atoms with Gasteiger partial charge in [-0.2, -0.15) is 0 Å². The highest BCUT2D eigenvalue weighted by atomic mass is 16.5. The molecule has 2 aliphatic rings. The van der Waals surface area contributed by atoms with Gasteiger partial charge in [0.05, 0.1) is 0 Å². The molecule has 0 aromatic heterocycles. The molecule has 5 heteroatoms. The Balaban J connectivity index is 1.80. The van der Waals surface area contributed by atoms with Crippen LogP contribution in [0.3, 0.4) is 0 Å². The summed E-state index contributed by atoms with van der Waals surface area (Å²) in [5.74, 6) is -0.354. The fourth-order valence-corrected chi connectivity index (χ4v) is 4.24. The van der Waals surface area contributed by atoms with Gasteiger partial charge < -0.3 is 20.5 Å². The first-order chi connectivity index (χ1) is 13.5. The Morgan fingerprint density at radius 1 is 1.21 bits per heavy atom. The number of benzene rings is 2. The van der Waals surface area contributed by atoms with E-state index in [4.69, 9.17) is 4.74 Å². The van der Waals surface area contributed by atoms with Crippen molar-refractivity contribution >= 4 is 17.7 Å². The smallest absolute Gasteiger partial charge is 0.257 e. The molecule has 0 aliphatic carbocycles. The summed E-state index contributed by atoms with van der Waals surface area (Å²) in [6, 6.07) is 14.9. The van der Waals surface area contributed by atoms with Crippen LogP contribution >= 0.6 is 0 Å². The van der Waals surface area contributed by atoms with Crippen molar-refractivity contribution in [3.05, 3.63) is 71.3 Å². The molecule has 3 atom stereocenters. The third kappa shape index (κ3) is 3.15. The summed E-state index contributed by atoms with van der Waals surface area (Å²) in [5.41, 5.74) is 1.27. The van der Waals surface area contributed by atoms with Gasteiger partial charge >= 0.3 is 0 Å². The van der Waals surface area contributed by atoms with Crippen LogP contribution in [0.15, 0.2) is 54.6 Å². The Kier molecular flexibility index (Phi) is 4.83. The molecule has 2 aromatic carbocycles. The van der Waals surface area contributed by atoms with E-state index >= 15 is 0 Å². The molecular weight excluding hydrogens is 352 g/mol. The van der Waals surface area contributed by atoms with Crippen LogP contribution in [0.1, 0.15) is 36.5 Å². The van der Waals surface area contributed by atoms with Crippen molar-refractivity contribution in [1.29, 1.82) is 0 Å². The van der Waals surface area contributed by atoms with Gasteiger partial charge in [0, 0.05) is 23.9 Å². The lowest BCUT2D eigenvalue weighted by molar-refractivity contribution is -0.142. The molecule has 146 valence electrons. The van der Waals surface area contributed by atoms with Crippen LogP contribution in [-0.4, -0.2) is 36.3 Å². The number of amides is 1. The van der Waals surface area contributed by atoms with E-state index < -0.39 is 11.7 Å². The lowest BCUT2D eigenvalue weighted by Crippen LogP contribution is -2.52. The molecule has 28 heavy (non-hydrogen) atoms. The largest absolute Gasteiger partial charge is 0.377 e. The van der Waals surface area contributed by atoms with Crippen LogP contribution in [0.4, 0.5) is 5.69 Å². The Bertz CT molecular complexity index is 903. The van der Waals surface area contributed by atoms with Gasteiger partial charge in [-0.15, -0.1) is 0 Å². The predicted molar refractivity (Wildman–Crippen MR) is 110 cm³/mol. The number of methoxy groups -OCH3 is 1. The molecule has 0 radical (unpaired) electrons. The monoisotopic (exact) mass is 378 g/mol. The van der Waals surface area contributed by atoms with E-state index in [1.54, 1.807) is 0 Å².